The molecule has 0 radical (unpaired) electrons. The lowest BCUT2D eigenvalue weighted by atomic mass is 9.96. The van der Waals surface area contributed by atoms with Gasteiger partial charge < -0.3 is 10.3 Å². The van der Waals surface area contributed by atoms with Gasteiger partial charge in [-0.1, -0.05) is 68.1 Å². The van der Waals surface area contributed by atoms with Gasteiger partial charge in [-0.25, -0.2) is 9.97 Å². The van der Waals surface area contributed by atoms with Gasteiger partial charge in [0.25, 0.3) is 5.56 Å². The zero-order chi connectivity index (χ0) is 30.0. The summed E-state index contributed by atoms with van der Waals surface area (Å²) in [4.78, 5) is 28.9. The maximum atomic E-state index is 12.2. The van der Waals surface area contributed by atoms with Crippen molar-refractivity contribution in [2.75, 3.05) is 13.1 Å². The predicted octanol–water partition coefficient (Wildman–Crippen LogP) is 7.97. The standard InChI is InChI=1S/C23H22N2O.C13H15N3S/c1-4-7-8-17(6-3)19-15-20-21(13-14-24-23(20)26)25-22(19)18-11-9-16(5-2)10-12-18;1-2-6-15-11(3-1)12-9-17-13(16-12)10-4-7-14-8-5-10/h4,6-15H,1,5H2,2-3H3,(H,24,26);1-3,6,9-10,14H,4-5,7-8H2/b8-7-,17-6+;. The fraction of sp³-hybridized carbons (Fsp3) is 0.222. The van der Waals surface area contributed by atoms with Gasteiger partial charge in [-0.05, 0) is 74.7 Å². The summed E-state index contributed by atoms with van der Waals surface area (Å²) in [5.74, 6) is 0.638. The third kappa shape index (κ3) is 7.31. The van der Waals surface area contributed by atoms with Crippen molar-refractivity contribution in [3.8, 4) is 22.6 Å². The molecule has 218 valence electrons. The molecule has 0 bridgehead atoms. The molecule has 1 aliphatic heterocycles. The molecule has 0 aliphatic carbocycles. The molecule has 1 saturated heterocycles. The van der Waals surface area contributed by atoms with Crippen LogP contribution >= 0.6 is 11.3 Å². The first-order valence-electron chi connectivity index (χ1n) is 14.8. The number of benzene rings is 1. The van der Waals surface area contributed by atoms with Crippen molar-refractivity contribution >= 4 is 27.8 Å². The highest BCUT2D eigenvalue weighted by molar-refractivity contribution is 7.10. The Morgan fingerprint density at radius 3 is 2.58 bits per heavy atom. The van der Waals surface area contributed by atoms with E-state index in [-0.39, 0.29) is 5.56 Å². The molecule has 0 saturated carbocycles. The number of aromatic amines is 1. The van der Waals surface area contributed by atoms with E-state index < -0.39 is 0 Å². The lowest BCUT2D eigenvalue weighted by Crippen LogP contribution is -2.26. The van der Waals surface area contributed by atoms with Gasteiger partial charge in [0.2, 0.25) is 0 Å². The second-order valence-electron chi connectivity index (χ2n) is 10.3. The van der Waals surface area contributed by atoms with Crippen LogP contribution in [0.25, 0.3) is 39.1 Å². The highest BCUT2D eigenvalue weighted by Crippen LogP contribution is 2.32. The van der Waals surface area contributed by atoms with Crippen molar-refractivity contribution in [3.63, 3.8) is 0 Å². The Kier molecular flexibility index (Phi) is 10.2. The Morgan fingerprint density at radius 2 is 1.88 bits per heavy atom. The number of allylic oxidation sites excluding steroid dienone is 5. The van der Waals surface area contributed by atoms with Crippen molar-refractivity contribution in [1.82, 2.24) is 25.3 Å². The zero-order valence-electron chi connectivity index (χ0n) is 24.7. The minimum absolute atomic E-state index is 0.132. The number of piperidine rings is 1. The lowest BCUT2D eigenvalue weighted by Gasteiger charge is -2.20. The molecule has 0 atom stereocenters. The van der Waals surface area contributed by atoms with Crippen LogP contribution in [-0.2, 0) is 6.42 Å². The summed E-state index contributed by atoms with van der Waals surface area (Å²) in [6, 6.07) is 18.1. The topological polar surface area (TPSA) is 83.6 Å². The zero-order valence-corrected chi connectivity index (χ0v) is 25.5. The number of pyridine rings is 3. The van der Waals surface area contributed by atoms with Crippen LogP contribution in [0, 0.1) is 0 Å². The van der Waals surface area contributed by atoms with Crippen LogP contribution in [0.2, 0.25) is 0 Å². The normalized spacial score (nSPS) is 14.0. The first-order valence-corrected chi connectivity index (χ1v) is 15.6. The average Bonchev–Trinajstić information content (AvgIpc) is 3.57. The number of rotatable bonds is 7. The van der Waals surface area contributed by atoms with E-state index >= 15 is 0 Å². The first-order chi connectivity index (χ1) is 21.1. The van der Waals surface area contributed by atoms with Crippen molar-refractivity contribution in [2.24, 2.45) is 0 Å². The molecule has 1 fully saturated rings. The van der Waals surface area contributed by atoms with E-state index in [2.05, 4.69) is 58.4 Å². The summed E-state index contributed by atoms with van der Waals surface area (Å²) in [6.45, 7) is 10.1. The maximum Gasteiger partial charge on any atom is 0.257 e. The van der Waals surface area contributed by atoms with Crippen LogP contribution < -0.4 is 10.9 Å². The van der Waals surface area contributed by atoms with Crippen LogP contribution in [0.4, 0.5) is 0 Å². The average molecular weight is 588 g/mol. The Bertz CT molecular complexity index is 1780. The van der Waals surface area contributed by atoms with Crippen molar-refractivity contribution in [1.29, 1.82) is 0 Å². The third-order valence-corrected chi connectivity index (χ3v) is 8.57. The number of fused-ring (bicyclic) bond motifs is 1. The highest BCUT2D eigenvalue weighted by atomic mass is 32.1. The molecule has 5 heterocycles. The van der Waals surface area contributed by atoms with Gasteiger partial charge >= 0.3 is 0 Å². The van der Waals surface area contributed by atoms with Crippen LogP contribution in [0.15, 0.2) is 108 Å². The van der Waals surface area contributed by atoms with Crippen molar-refractivity contribution < 1.29 is 0 Å². The molecule has 0 spiro atoms. The molecule has 6 rings (SSSR count). The molecule has 4 aromatic heterocycles. The van der Waals surface area contributed by atoms with Gasteiger partial charge in [0.15, 0.2) is 0 Å². The highest BCUT2D eigenvalue weighted by Gasteiger charge is 2.19. The van der Waals surface area contributed by atoms with Gasteiger partial charge in [0.1, 0.15) is 0 Å². The molecule has 7 heteroatoms. The Hall–Kier alpha value is -4.46. The monoisotopic (exact) mass is 587 g/mol. The fourth-order valence-electron chi connectivity index (χ4n) is 5.14. The Balaban J connectivity index is 0.000000186. The van der Waals surface area contributed by atoms with Gasteiger partial charge in [0, 0.05) is 34.8 Å². The second-order valence-corrected chi connectivity index (χ2v) is 11.2. The Labute approximate surface area is 257 Å². The fourth-order valence-corrected chi connectivity index (χ4v) is 6.12. The lowest BCUT2D eigenvalue weighted by molar-refractivity contribution is 0.459. The summed E-state index contributed by atoms with van der Waals surface area (Å²) in [5.41, 5.74) is 7.66. The first kappa shape index (κ1) is 30.0. The quantitative estimate of drug-likeness (QED) is 0.189. The summed E-state index contributed by atoms with van der Waals surface area (Å²) >= 11 is 1.77. The molecule has 6 nitrogen and oxygen atoms in total. The van der Waals surface area contributed by atoms with Crippen molar-refractivity contribution in [2.45, 2.75) is 39.0 Å². The number of hydrogen-bond acceptors (Lipinski definition) is 6. The van der Waals surface area contributed by atoms with Crippen LogP contribution in [-0.4, -0.2) is 33.0 Å². The van der Waals surface area contributed by atoms with E-state index in [4.69, 9.17) is 9.97 Å². The molecule has 43 heavy (non-hydrogen) atoms. The van der Waals surface area contributed by atoms with Crippen LogP contribution in [0.5, 0.6) is 0 Å². The number of thiazole rings is 1. The van der Waals surface area contributed by atoms with Crippen LogP contribution in [0.3, 0.4) is 0 Å². The van der Waals surface area contributed by atoms with Gasteiger partial charge in [-0.15, -0.1) is 11.3 Å². The molecule has 2 N–H and O–H groups in total. The third-order valence-electron chi connectivity index (χ3n) is 7.56. The molecule has 0 amide bonds. The van der Waals surface area contributed by atoms with E-state index in [1.807, 2.05) is 61.7 Å². The molecular formula is C36H37N5OS. The Morgan fingerprint density at radius 1 is 1.07 bits per heavy atom. The smallest absolute Gasteiger partial charge is 0.257 e. The number of nitrogens with one attached hydrogen (secondary N) is 2. The van der Waals surface area contributed by atoms with E-state index in [9.17, 15) is 4.79 Å². The number of hydrogen-bond donors (Lipinski definition) is 2. The minimum Gasteiger partial charge on any atom is -0.328 e. The number of nitrogens with zero attached hydrogens (tertiary/aromatic N) is 3. The van der Waals surface area contributed by atoms with Gasteiger partial charge in [-0.2, -0.15) is 0 Å². The van der Waals surface area contributed by atoms with E-state index in [0.29, 0.717) is 16.8 Å². The second kappa shape index (κ2) is 14.6. The molecule has 1 aromatic carbocycles. The van der Waals surface area contributed by atoms with Crippen molar-refractivity contribution in [3.05, 3.63) is 130 Å². The van der Waals surface area contributed by atoms with Crippen LogP contribution in [0.1, 0.15) is 48.7 Å². The summed E-state index contributed by atoms with van der Waals surface area (Å²) in [7, 11) is 0. The maximum absolute atomic E-state index is 12.2. The summed E-state index contributed by atoms with van der Waals surface area (Å²) < 4.78 is 0. The largest absolute Gasteiger partial charge is 0.328 e. The minimum atomic E-state index is -0.132. The van der Waals surface area contributed by atoms with E-state index in [0.717, 1.165) is 53.3 Å². The van der Waals surface area contributed by atoms with Gasteiger partial charge in [0.05, 0.1) is 33.0 Å². The summed E-state index contributed by atoms with van der Waals surface area (Å²) in [6.07, 6.45) is 14.5. The summed E-state index contributed by atoms with van der Waals surface area (Å²) in [5, 5.41) is 7.37. The van der Waals surface area contributed by atoms with Gasteiger partial charge in [-0.3, -0.25) is 9.78 Å². The predicted molar refractivity (Wildman–Crippen MR) is 180 cm³/mol. The van der Waals surface area contributed by atoms with E-state index in [1.54, 1.807) is 23.6 Å². The number of aryl methyl sites for hydroxylation is 1. The van der Waals surface area contributed by atoms with E-state index in [1.165, 1.54) is 23.4 Å². The number of H-pyrrole nitrogens is 1. The number of aromatic nitrogens is 4. The SMILES string of the molecule is C=C/C=C\C(=C/C)c1cc2c(=O)[nH]ccc2nc1-c1ccc(CC)cc1.c1ccc(-c2csc(C3CCNCC3)n2)nc1. The molecule has 1 aliphatic rings. The molecule has 0 unspecified atom stereocenters. The molecular weight excluding hydrogens is 550 g/mol. The molecule has 5 aromatic rings.